The first-order valence-electron chi connectivity index (χ1n) is 10.7. The number of rotatable bonds is 9. The van der Waals surface area contributed by atoms with E-state index in [1.54, 1.807) is 24.3 Å². The van der Waals surface area contributed by atoms with Crippen LogP contribution in [0.25, 0.3) is 0 Å². The Kier molecular flexibility index (Phi) is 7.12. The molecule has 5 heteroatoms. The number of benzene rings is 4. The lowest BCUT2D eigenvalue weighted by atomic mass is 9.96. The molecule has 32 heavy (non-hydrogen) atoms. The van der Waals surface area contributed by atoms with E-state index in [-0.39, 0.29) is 23.5 Å². The first kappa shape index (κ1) is 22.0. The Labute approximate surface area is 190 Å². The molecule has 1 unspecified atom stereocenters. The summed E-state index contributed by atoms with van der Waals surface area (Å²) >= 11 is 0. The molecule has 0 bridgehead atoms. The lowest BCUT2D eigenvalue weighted by Crippen LogP contribution is -2.87. The molecule has 162 valence electrons. The van der Waals surface area contributed by atoms with Gasteiger partial charge in [0.1, 0.15) is 12.1 Å². The molecule has 4 nitrogen and oxygen atoms in total. The molecule has 4 aromatic carbocycles. The minimum Gasteiger partial charge on any atom is -0.329 e. The van der Waals surface area contributed by atoms with E-state index in [2.05, 4.69) is 34.3 Å². The molecular formula is C27H27N2O2S+. The van der Waals surface area contributed by atoms with Crippen LogP contribution in [-0.2, 0) is 10.0 Å². The number of sulfonamides is 1. The summed E-state index contributed by atoms with van der Waals surface area (Å²) in [6, 6.07) is 39.1. The molecule has 4 rings (SSSR count). The van der Waals surface area contributed by atoms with Gasteiger partial charge in [0, 0.05) is 16.7 Å². The summed E-state index contributed by atoms with van der Waals surface area (Å²) in [6.45, 7) is 0.275. The predicted octanol–water partition coefficient (Wildman–Crippen LogP) is 4.06. The Morgan fingerprint density at radius 3 is 1.47 bits per heavy atom. The van der Waals surface area contributed by atoms with Crippen molar-refractivity contribution >= 4 is 10.0 Å². The quantitative estimate of drug-likeness (QED) is 0.410. The molecule has 0 amide bonds. The topological polar surface area (TPSA) is 62.8 Å². The molecule has 0 saturated heterocycles. The molecule has 0 radical (unpaired) electrons. The zero-order valence-electron chi connectivity index (χ0n) is 17.7. The molecule has 0 fully saturated rings. The van der Waals surface area contributed by atoms with Gasteiger partial charge in [-0.25, -0.2) is 13.1 Å². The molecule has 0 heterocycles. The molecular weight excluding hydrogens is 416 g/mol. The van der Waals surface area contributed by atoms with Gasteiger partial charge >= 0.3 is 0 Å². The number of nitrogens with one attached hydrogen (secondary N) is 1. The highest BCUT2D eigenvalue weighted by Crippen LogP contribution is 2.20. The first-order chi connectivity index (χ1) is 15.6. The standard InChI is InChI=1S/C27H26N2O2S/c30-32(31,25-19-11-4-12-20-25)28-21-26(22-13-5-1-6-14-22)29-27(23-15-7-2-8-16-23)24-17-9-3-10-18-24/h1-20,26-29H,21H2/p+1. The summed E-state index contributed by atoms with van der Waals surface area (Å²) in [5, 5.41) is 2.24. The Bertz CT molecular complexity index is 1160. The van der Waals surface area contributed by atoms with Gasteiger partial charge in [-0.05, 0) is 12.1 Å². The van der Waals surface area contributed by atoms with E-state index >= 15 is 0 Å². The second-order valence-electron chi connectivity index (χ2n) is 7.67. The summed E-state index contributed by atoms with van der Waals surface area (Å²) in [5.74, 6) is 0. The molecule has 1 atom stereocenters. The van der Waals surface area contributed by atoms with Crippen LogP contribution in [0.5, 0.6) is 0 Å². The van der Waals surface area contributed by atoms with Crippen molar-refractivity contribution in [2.24, 2.45) is 0 Å². The number of nitrogens with two attached hydrogens (primary N) is 1. The average molecular weight is 444 g/mol. The maximum atomic E-state index is 12.9. The van der Waals surface area contributed by atoms with Crippen LogP contribution < -0.4 is 10.0 Å². The van der Waals surface area contributed by atoms with Crippen molar-refractivity contribution in [3.05, 3.63) is 138 Å². The minimum atomic E-state index is -3.60. The smallest absolute Gasteiger partial charge is 0.240 e. The van der Waals surface area contributed by atoms with Gasteiger partial charge in [0.25, 0.3) is 0 Å². The van der Waals surface area contributed by atoms with Crippen molar-refractivity contribution in [2.45, 2.75) is 17.0 Å². The van der Waals surface area contributed by atoms with Crippen LogP contribution in [0.2, 0.25) is 0 Å². The Morgan fingerprint density at radius 2 is 1.00 bits per heavy atom. The van der Waals surface area contributed by atoms with Crippen LogP contribution >= 0.6 is 0 Å². The summed E-state index contributed by atoms with van der Waals surface area (Å²) in [5.41, 5.74) is 3.41. The van der Waals surface area contributed by atoms with Gasteiger partial charge in [-0.3, -0.25) is 0 Å². The third-order valence-electron chi connectivity index (χ3n) is 5.52. The molecule has 0 aliphatic heterocycles. The maximum Gasteiger partial charge on any atom is 0.240 e. The molecule has 0 aliphatic rings. The summed E-state index contributed by atoms with van der Waals surface area (Å²) in [7, 11) is -3.60. The lowest BCUT2D eigenvalue weighted by molar-refractivity contribution is -0.724. The molecule has 0 aromatic heterocycles. The van der Waals surface area contributed by atoms with Crippen molar-refractivity contribution in [1.29, 1.82) is 0 Å². The van der Waals surface area contributed by atoms with Gasteiger partial charge in [0.05, 0.1) is 11.4 Å². The second kappa shape index (κ2) is 10.4. The van der Waals surface area contributed by atoms with E-state index < -0.39 is 10.0 Å². The number of quaternary nitrogens is 1. The highest BCUT2D eigenvalue weighted by molar-refractivity contribution is 7.89. The van der Waals surface area contributed by atoms with Gasteiger partial charge in [0.15, 0.2) is 0 Å². The minimum absolute atomic E-state index is 0.0313. The Hall–Kier alpha value is -3.25. The maximum absolute atomic E-state index is 12.9. The molecule has 0 aliphatic carbocycles. The van der Waals surface area contributed by atoms with Crippen LogP contribution in [0.1, 0.15) is 28.8 Å². The van der Waals surface area contributed by atoms with E-state index in [9.17, 15) is 8.42 Å². The second-order valence-corrected chi connectivity index (χ2v) is 9.44. The summed E-state index contributed by atoms with van der Waals surface area (Å²) in [4.78, 5) is 0.273. The fourth-order valence-electron chi connectivity index (χ4n) is 3.85. The lowest BCUT2D eigenvalue weighted by Gasteiger charge is -2.24. The third-order valence-corrected chi connectivity index (χ3v) is 6.96. The largest absolute Gasteiger partial charge is 0.329 e. The van der Waals surface area contributed by atoms with Gasteiger partial charge in [-0.1, -0.05) is 109 Å². The fourth-order valence-corrected chi connectivity index (χ4v) is 4.93. The summed E-state index contributed by atoms with van der Waals surface area (Å²) in [6.07, 6.45) is 0. The zero-order valence-corrected chi connectivity index (χ0v) is 18.5. The van der Waals surface area contributed by atoms with Crippen LogP contribution in [0.15, 0.2) is 126 Å². The molecule has 4 aromatic rings. The van der Waals surface area contributed by atoms with Crippen LogP contribution in [0.3, 0.4) is 0 Å². The predicted molar refractivity (Wildman–Crippen MR) is 127 cm³/mol. The average Bonchev–Trinajstić information content (AvgIpc) is 2.86. The molecule has 3 N–H and O–H groups in total. The van der Waals surface area contributed by atoms with Crippen LogP contribution in [0, 0.1) is 0 Å². The van der Waals surface area contributed by atoms with E-state index in [1.807, 2.05) is 72.8 Å². The van der Waals surface area contributed by atoms with E-state index in [0.717, 1.165) is 5.56 Å². The highest BCUT2D eigenvalue weighted by atomic mass is 32.2. The van der Waals surface area contributed by atoms with E-state index in [4.69, 9.17) is 0 Å². The van der Waals surface area contributed by atoms with Crippen LogP contribution in [0.4, 0.5) is 0 Å². The third kappa shape index (κ3) is 5.51. The highest BCUT2D eigenvalue weighted by Gasteiger charge is 2.26. The van der Waals surface area contributed by atoms with Gasteiger partial charge in [-0.2, -0.15) is 0 Å². The normalized spacial score (nSPS) is 12.5. The molecule has 0 spiro atoms. The fraction of sp³-hybridized carbons (Fsp3) is 0.111. The van der Waals surface area contributed by atoms with Crippen molar-refractivity contribution in [1.82, 2.24) is 4.72 Å². The molecule has 0 saturated carbocycles. The summed E-state index contributed by atoms with van der Waals surface area (Å²) < 4.78 is 28.6. The van der Waals surface area contributed by atoms with Crippen molar-refractivity contribution in [3.8, 4) is 0 Å². The monoisotopic (exact) mass is 443 g/mol. The zero-order chi connectivity index (χ0) is 22.2. The number of hydrogen-bond donors (Lipinski definition) is 2. The van der Waals surface area contributed by atoms with Crippen molar-refractivity contribution < 1.29 is 13.7 Å². The Balaban J connectivity index is 1.64. The van der Waals surface area contributed by atoms with Crippen molar-refractivity contribution in [3.63, 3.8) is 0 Å². The van der Waals surface area contributed by atoms with Crippen LogP contribution in [-0.4, -0.2) is 15.0 Å². The van der Waals surface area contributed by atoms with Gasteiger partial charge in [-0.15, -0.1) is 0 Å². The van der Waals surface area contributed by atoms with E-state index in [1.165, 1.54) is 11.1 Å². The van der Waals surface area contributed by atoms with Gasteiger partial charge in [0.2, 0.25) is 10.0 Å². The SMILES string of the molecule is O=S(=O)(NCC([NH2+]C(c1ccccc1)c1ccccc1)c1ccccc1)c1ccccc1. The first-order valence-corrected chi connectivity index (χ1v) is 12.2. The number of hydrogen-bond acceptors (Lipinski definition) is 2. The van der Waals surface area contributed by atoms with Crippen molar-refractivity contribution in [2.75, 3.05) is 6.54 Å². The van der Waals surface area contributed by atoms with Gasteiger partial charge < -0.3 is 5.32 Å². The Morgan fingerprint density at radius 1 is 0.594 bits per heavy atom. The van der Waals surface area contributed by atoms with E-state index in [0.29, 0.717) is 0 Å².